The molecule has 0 aliphatic carbocycles. The first-order valence-electron chi connectivity index (χ1n) is 7.79. The molecule has 0 radical (unpaired) electrons. The average Bonchev–Trinajstić information content (AvgIpc) is 2.68. The number of anilines is 3. The van der Waals surface area contributed by atoms with Gasteiger partial charge in [-0.1, -0.05) is 6.07 Å². The first-order valence-corrected chi connectivity index (χ1v) is 7.79. The Morgan fingerprint density at radius 3 is 2.59 bits per heavy atom. The first-order chi connectivity index (χ1) is 13.0. The number of ether oxygens (including phenoxy) is 1. The van der Waals surface area contributed by atoms with Gasteiger partial charge in [0, 0.05) is 18.0 Å². The lowest BCUT2D eigenvalue weighted by molar-refractivity contribution is 0.102. The van der Waals surface area contributed by atoms with E-state index in [9.17, 15) is 18.0 Å². The van der Waals surface area contributed by atoms with Crippen molar-refractivity contribution in [1.82, 2.24) is 4.98 Å². The summed E-state index contributed by atoms with van der Waals surface area (Å²) in [5, 5.41) is 5.26. The number of carbonyl (C=O) groups excluding carboxylic acids is 1. The summed E-state index contributed by atoms with van der Waals surface area (Å²) < 4.78 is 45.1. The summed E-state index contributed by atoms with van der Waals surface area (Å²) in [4.78, 5) is 16.2. The lowest BCUT2D eigenvalue weighted by Crippen LogP contribution is -2.14. The Balaban J connectivity index is 1.78. The van der Waals surface area contributed by atoms with Gasteiger partial charge in [-0.3, -0.25) is 9.78 Å². The molecule has 0 saturated heterocycles. The third-order valence-electron chi connectivity index (χ3n) is 3.64. The van der Waals surface area contributed by atoms with Gasteiger partial charge in [0.05, 0.1) is 30.2 Å². The van der Waals surface area contributed by atoms with Crippen molar-refractivity contribution in [2.75, 3.05) is 17.7 Å². The highest BCUT2D eigenvalue weighted by Crippen LogP contribution is 2.23. The number of pyridine rings is 1. The molecular weight excluding hydrogens is 359 g/mol. The van der Waals surface area contributed by atoms with Gasteiger partial charge in [0.2, 0.25) is 0 Å². The summed E-state index contributed by atoms with van der Waals surface area (Å²) in [5.41, 5.74) is 0.846. The molecule has 5 nitrogen and oxygen atoms in total. The predicted molar refractivity (Wildman–Crippen MR) is 94.8 cm³/mol. The molecule has 0 fully saturated rings. The quantitative estimate of drug-likeness (QED) is 0.647. The number of aromatic nitrogens is 1. The molecule has 0 aliphatic heterocycles. The van der Waals surface area contributed by atoms with E-state index in [4.69, 9.17) is 4.74 Å². The molecule has 1 amide bonds. The maximum atomic E-state index is 13.7. The van der Waals surface area contributed by atoms with Crippen molar-refractivity contribution >= 4 is 23.0 Å². The molecule has 2 aromatic carbocycles. The second-order valence-corrected chi connectivity index (χ2v) is 5.50. The predicted octanol–water partition coefficient (Wildman–Crippen LogP) is 4.50. The number of carbonyl (C=O) groups is 1. The number of halogens is 3. The first kappa shape index (κ1) is 18.2. The summed E-state index contributed by atoms with van der Waals surface area (Å²) in [5.74, 6) is -4.53. The highest BCUT2D eigenvalue weighted by molar-refractivity contribution is 6.04. The van der Waals surface area contributed by atoms with Crippen LogP contribution in [0.4, 0.5) is 30.2 Å². The van der Waals surface area contributed by atoms with Gasteiger partial charge in [0.25, 0.3) is 5.91 Å². The Hall–Kier alpha value is -3.55. The van der Waals surface area contributed by atoms with Gasteiger partial charge in [-0.05, 0) is 30.3 Å². The van der Waals surface area contributed by atoms with Crippen LogP contribution in [-0.2, 0) is 0 Å². The average molecular weight is 373 g/mol. The van der Waals surface area contributed by atoms with Gasteiger partial charge >= 0.3 is 0 Å². The number of hydrogen-bond donors (Lipinski definition) is 2. The Morgan fingerprint density at radius 2 is 1.81 bits per heavy atom. The summed E-state index contributed by atoms with van der Waals surface area (Å²) >= 11 is 0. The largest absolute Gasteiger partial charge is 0.497 e. The minimum atomic E-state index is -1.65. The fraction of sp³-hybridized carbons (Fsp3) is 0.0526. The van der Waals surface area contributed by atoms with Crippen molar-refractivity contribution in [3.8, 4) is 5.75 Å². The van der Waals surface area contributed by atoms with Gasteiger partial charge in [-0.15, -0.1) is 0 Å². The van der Waals surface area contributed by atoms with Crippen LogP contribution in [0.5, 0.6) is 5.75 Å². The molecule has 27 heavy (non-hydrogen) atoms. The molecule has 8 heteroatoms. The molecule has 138 valence electrons. The number of amides is 1. The molecule has 0 saturated carbocycles. The second kappa shape index (κ2) is 7.77. The van der Waals surface area contributed by atoms with Crippen LogP contribution in [-0.4, -0.2) is 18.0 Å². The van der Waals surface area contributed by atoms with Crippen LogP contribution in [0.3, 0.4) is 0 Å². The van der Waals surface area contributed by atoms with E-state index in [1.165, 1.54) is 18.5 Å². The maximum Gasteiger partial charge on any atom is 0.257 e. The van der Waals surface area contributed by atoms with E-state index < -0.39 is 29.0 Å². The van der Waals surface area contributed by atoms with Gasteiger partial charge in [-0.25, -0.2) is 13.2 Å². The topological polar surface area (TPSA) is 63.2 Å². The Bertz CT molecular complexity index is 996. The van der Waals surface area contributed by atoms with E-state index >= 15 is 0 Å². The molecule has 0 unspecified atom stereocenters. The number of nitrogens with one attached hydrogen (secondary N) is 2. The van der Waals surface area contributed by atoms with E-state index in [0.29, 0.717) is 17.1 Å². The van der Waals surface area contributed by atoms with Gasteiger partial charge in [0.15, 0.2) is 17.5 Å². The smallest absolute Gasteiger partial charge is 0.257 e. The molecule has 2 N–H and O–H groups in total. The van der Waals surface area contributed by atoms with Gasteiger partial charge in [0.1, 0.15) is 5.75 Å². The number of benzene rings is 2. The fourth-order valence-corrected chi connectivity index (χ4v) is 2.32. The minimum Gasteiger partial charge on any atom is -0.497 e. The summed E-state index contributed by atoms with van der Waals surface area (Å²) in [6, 6.07) is 10.3. The SMILES string of the molecule is COc1cccc(Nc2cncc(C(=O)Nc3ccc(F)c(F)c3F)c2)c1. The zero-order chi connectivity index (χ0) is 19.4. The maximum absolute atomic E-state index is 13.7. The molecule has 3 aromatic rings. The van der Waals surface area contributed by atoms with E-state index in [1.807, 2.05) is 0 Å². The minimum absolute atomic E-state index is 0.104. The van der Waals surface area contributed by atoms with Gasteiger partial charge in [-0.2, -0.15) is 0 Å². The highest BCUT2D eigenvalue weighted by Gasteiger charge is 2.16. The second-order valence-electron chi connectivity index (χ2n) is 5.50. The Kier molecular flexibility index (Phi) is 5.25. The third kappa shape index (κ3) is 4.17. The van der Waals surface area contributed by atoms with Crippen molar-refractivity contribution in [1.29, 1.82) is 0 Å². The molecule has 1 aromatic heterocycles. The summed E-state index contributed by atoms with van der Waals surface area (Å²) in [7, 11) is 1.54. The van der Waals surface area contributed by atoms with Crippen LogP contribution in [0.2, 0.25) is 0 Å². The van der Waals surface area contributed by atoms with Crippen molar-refractivity contribution in [3.05, 3.63) is 77.9 Å². The van der Waals surface area contributed by atoms with E-state index in [2.05, 4.69) is 15.6 Å². The number of methoxy groups -OCH3 is 1. The van der Waals surface area contributed by atoms with Crippen molar-refractivity contribution < 1.29 is 22.7 Å². The lowest BCUT2D eigenvalue weighted by atomic mass is 10.2. The number of rotatable bonds is 5. The van der Waals surface area contributed by atoms with Crippen LogP contribution in [0, 0.1) is 17.5 Å². The Morgan fingerprint density at radius 1 is 1.00 bits per heavy atom. The van der Waals surface area contributed by atoms with Crippen LogP contribution < -0.4 is 15.4 Å². The molecular formula is C19H14F3N3O2. The Labute approximate surface area is 152 Å². The highest BCUT2D eigenvalue weighted by atomic mass is 19.2. The summed E-state index contributed by atoms with van der Waals surface area (Å²) in [6.07, 6.45) is 2.76. The normalized spacial score (nSPS) is 10.4. The number of hydrogen-bond acceptors (Lipinski definition) is 4. The van der Waals surface area contributed by atoms with Gasteiger partial charge < -0.3 is 15.4 Å². The monoisotopic (exact) mass is 373 g/mol. The van der Waals surface area contributed by atoms with Crippen molar-refractivity contribution in [3.63, 3.8) is 0 Å². The zero-order valence-electron chi connectivity index (χ0n) is 14.1. The molecule has 0 spiro atoms. The third-order valence-corrected chi connectivity index (χ3v) is 3.64. The number of nitrogens with zero attached hydrogens (tertiary/aromatic N) is 1. The molecule has 3 rings (SSSR count). The fourth-order valence-electron chi connectivity index (χ4n) is 2.32. The summed E-state index contributed by atoms with van der Waals surface area (Å²) in [6.45, 7) is 0. The van der Waals surface area contributed by atoms with Crippen molar-refractivity contribution in [2.45, 2.75) is 0 Å². The van der Waals surface area contributed by atoms with Crippen LogP contribution in [0.25, 0.3) is 0 Å². The van der Waals surface area contributed by atoms with Crippen LogP contribution >= 0.6 is 0 Å². The molecule has 1 heterocycles. The van der Waals surface area contributed by atoms with E-state index in [0.717, 1.165) is 12.1 Å². The van der Waals surface area contributed by atoms with Crippen molar-refractivity contribution in [2.24, 2.45) is 0 Å². The van der Waals surface area contributed by atoms with E-state index in [1.54, 1.807) is 31.4 Å². The van der Waals surface area contributed by atoms with Crippen LogP contribution in [0.1, 0.15) is 10.4 Å². The standard InChI is InChI=1S/C19H14F3N3O2/c1-27-14-4-2-3-12(8-14)24-13-7-11(9-23-10-13)19(26)25-16-6-5-15(20)17(21)18(16)22/h2-10,24H,1H3,(H,25,26). The molecule has 0 bridgehead atoms. The lowest BCUT2D eigenvalue weighted by Gasteiger charge is -2.10. The zero-order valence-corrected chi connectivity index (χ0v) is 14.1. The van der Waals surface area contributed by atoms with E-state index in [-0.39, 0.29) is 5.56 Å². The molecule has 0 atom stereocenters. The van der Waals surface area contributed by atoms with Crippen LogP contribution in [0.15, 0.2) is 54.9 Å². The molecule has 0 aliphatic rings.